The van der Waals surface area contributed by atoms with Crippen molar-refractivity contribution >= 4 is 5.69 Å². The lowest BCUT2D eigenvalue weighted by Crippen LogP contribution is -2.22. The Bertz CT molecular complexity index is 377. The van der Waals surface area contributed by atoms with Crippen LogP contribution in [0.25, 0.3) is 0 Å². The van der Waals surface area contributed by atoms with E-state index in [0.717, 1.165) is 32.5 Å². The number of benzene rings is 1. The predicted octanol–water partition coefficient (Wildman–Crippen LogP) is 2.44. The van der Waals surface area contributed by atoms with Gasteiger partial charge in [-0.05, 0) is 37.0 Å². The van der Waals surface area contributed by atoms with Gasteiger partial charge in [-0.15, -0.1) is 0 Å². The summed E-state index contributed by atoms with van der Waals surface area (Å²) in [6.45, 7) is 5.27. The Morgan fingerprint density at radius 1 is 1.37 bits per heavy atom. The number of rotatable bonds is 6. The Labute approximate surface area is 116 Å². The van der Waals surface area contributed by atoms with Gasteiger partial charge < -0.3 is 15.4 Å². The zero-order valence-electron chi connectivity index (χ0n) is 12.1. The minimum absolute atomic E-state index is 0.281. The van der Waals surface area contributed by atoms with Crippen molar-refractivity contribution in [3.8, 4) is 0 Å². The van der Waals surface area contributed by atoms with E-state index in [2.05, 4.69) is 36.1 Å². The van der Waals surface area contributed by atoms with Crippen LogP contribution in [0.3, 0.4) is 0 Å². The number of hydrogen-bond donors (Lipinski definition) is 1. The molecule has 106 valence electrons. The van der Waals surface area contributed by atoms with E-state index in [1.807, 2.05) is 0 Å². The Balaban J connectivity index is 1.92. The largest absolute Gasteiger partial charge is 0.384 e. The van der Waals surface area contributed by atoms with Crippen LogP contribution >= 0.6 is 0 Å². The molecule has 3 heteroatoms. The van der Waals surface area contributed by atoms with Gasteiger partial charge in [-0.2, -0.15) is 0 Å². The summed E-state index contributed by atoms with van der Waals surface area (Å²) < 4.78 is 5.24. The SMILES string of the molecule is CCC(N)Cc1ccc(N2CCC(COC)C2)cc1. The number of ether oxygens (including phenoxy) is 1. The minimum Gasteiger partial charge on any atom is -0.384 e. The molecule has 0 saturated carbocycles. The second-order valence-corrected chi connectivity index (χ2v) is 5.59. The van der Waals surface area contributed by atoms with Crippen molar-refractivity contribution in [3.05, 3.63) is 29.8 Å². The van der Waals surface area contributed by atoms with Crippen LogP contribution in [0.4, 0.5) is 5.69 Å². The maximum Gasteiger partial charge on any atom is 0.0508 e. The molecule has 2 atom stereocenters. The van der Waals surface area contributed by atoms with Gasteiger partial charge in [0.15, 0.2) is 0 Å². The highest BCUT2D eigenvalue weighted by atomic mass is 16.5. The third-order valence-corrected chi connectivity index (χ3v) is 4.01. The van der Waals surface area contributed by atoms with Gasteiger partial charge >= 0.3 is 0 Å². The molecule has 1 aromatic carbocycles. The molecule has 3 nitrogen and oxygen atoms in total. The minimum atomic E-state index is 0.281. The quantitative estimate of drug-likeness (QED) is 0.856. The normalized spacial score (nSPS) is 20.8. The zero-order chi connectivity index (χ0) is 13.7. The maximum atomic E-state index is 5.99. The lowest BCUT2D eigenvalue weighted by Gasteiger charge is -2.19. The fourth-order valence-corrected chi connectivity index (χ4v) is 2.73. The van der Waals surface area contributed by atoms with Crippen molar-refractivity contribution in [1.82, 2.24) is 0 Å². The number of nitrogens with two attached hydrogens (primary N) is 1. The summed E-state index contributed by atoms with van der Waals surface area (Å²) in [7, 11) is 1.79. The van der Waals surface area contributed by atoms with Crippen molar-refractivity contribution in [2.45, 2.75) is 32.2 Å². The van der Waals surface area contributed by atoms with Crippen LogP contribution < -0.4 is 10.6 Å². The Hall–Kier alpha value is -1.06. The first-order chi connectivity index (χ1) is 9.22. The molecule has 0 spiro atoms. The van der Waals surface area contributed by atoms with Gasteiger partial charge in [-0.25, -0.2) is 0 Å². The van der Waals surface area contributed by atoms with Gasteiger partial charge in [0.2, 0.25) is 0 Å². The van der Waals surface area contributed by atoms with Gasteiger partial charge in [-0.1, -0.05) is 19.1 Å². The summed E-state index contributed by atoms with van der Waals surface area (Å²) in [5.41, 5.74) is 8.66. The zero-order valence-corrected chi connectivity index (χ0v) is 12.1. The van der Waals surface area contributed by atoms with Gasteiger partial charge in [0.25, 0.3) is 0 Å². The Morgan fingerprint density at radius 2 is 2.11 bits per heavy atom. The molecule has 1 fully saturated rings. The summed E-state index contributed by atoms with van der Waals surface area (Å²) in [5.74, 6) is 0.679. The monoisotopic (exact) mass is 262 g/mol. The second-order valence-electron chi connectivity index (χ2n) is 5.59. The average molecular weight is 262 g/mol. The van der Waals surface area contributed by atoms with E-state index in [-0.39, 0.29) is 6.04 Å². The summed E-state index contributed by atoms with van der Waals surface area (Å²) in [5, 5.41) is 0. The summed E-state index contributed by atoms with van der Waals surface area (Å²) >= 11 is 0. The van der Waals surface area contributed by atoms with E-state index in [4.69, 9.17) is 10.5 Å². The van der Waals surface area contributed by atoms with E-state index >= 15 is 0 Å². The molecule has 0 amide bonds. The molecule has 2 N–H and O–H groups in total. The summed E-state index contributed by atoms with van der Waals surface area (Å²) in [6.07, 6.45) is 3.24. The average Bonchev–Trinajstić information content (AvgIpc) is 2.88. The third-order valence-electron chi connectivity index (χ3n) is 4.01. The molecule has 19 heavy (non-hydrogen) atoms. The van der Waals surface area contributed by atoms with Crippen LogP contribution in [0, 0.1) is 5.92 Å². The van der Waals surface area contributed by atoms with Crippen molar-refractivity contribution in [2.75, 3.05) is 31.7 Å². The Morgan fingerprint density at radius 3 is 2.74 bits per heavy atom. The maximum absolute atomic E-state index is 5.99. The standard InChI is InChI=1S/C16H26N2O/c1-3-15(17)10-13-4-6-16(7-5-13)18-9-8-14(11-18)12-19-2/h4-7,14-15H,3,8-12,17H2,1-2H3. The number of hydrogen-bond acceptors (Lipinski definition) is 3. The van der Waals surface area contributed by atoms with Crippen molar-refractivity contribution in [1.29, 1.82) is 0 Å². The van der Waals surface area contributed by atoms with E-state index in [9.17, 15) is 0 Å². The number of anilines is 1. The second kappa shape index (κ2) is 6.92. The molecule has 0 aromatic heterocycles. The highest BCUT2D eigenvalue weighted by Gasteiger charge is 2.22. The van der Waals surface area contributed by atoms with E-state index in [1.165, 1.54) is 17.7 Å². The first kappa shape index (κ1) is 14.4. The molecule has 2 unspecified atom stereocenters. The Kier molecular flexibility index (Phi) is 5.23. The topological polar surface area (TPSA) is 38.5 Å². The number of nitrogens with zero attached hydrogens (tertiary/aromatic N) is 1. The molecular weight excluding hydrogens is 236 g/mol. The first-order valence-corrected chi connectivity index (χ1v) is 7.31. The van der Waals surface area contributed by atoms with Gasteiger partial charge in [0.05, 0.1) is 6.61 Å². The fourth-order valence-electron chi connectivity index (χ4n) is 2.73. The smallest absolute Gasteiger partial charge is 0.0508 e. The van der Waals surface area contributed by atoms with Crippen LogP contribution in [-0.2, 0) is 11.2 Å². The van der Waals surface area contributed by atoms with Gasteiger partial charge in [0, 0.05) is 37.8 Å². The van der Waals surface area contributed by atoms with Gasteiger partial charge in [-0.3, -0.25) is 0 Å². The highest BCUT2D eigenvalue weighted by molar-refractivity contribution is 5.48. The van der Waals surface area contributed by atoms with Crippen LogP contribution in [0.5, 0.6) is 0 Å². The summed E-state index contributed by atoms with van der Waals surface area (Å²) in [4.78, 5) is 2.45. The number of methoxy groups -OCH3 is 1. The molecule has 0 aliphatic carbocycles. The summed E-state index contributed by atoms with van der Waals surface area (Å²) in [6, 6.07) is 9.17. The van der Waals surface area contributed by atoms with Gasteiger partial charge in [0.1, 0.15) is 0 Å². The molecular formula is C16H26N2O. The van der Waals surface area contributed by atoms with E-state index in [0.29, 0.717) is 5.92 Å². The fraction of sp³-hybridized carbons (Fsp3) is 0.625. The highest BCUT2D eigenvalue weighted by Crippen LogP contribution is 2.24. The predicted molar refractivity (Wildman–Crippen MR) is 80.6 cm³/mol. The van der Waals surface area contributed by atoms with Crippen LogP contribution in [0.1, 0.15) is 25.3 Å². The molecule has 1 aromatic rings. The molecule has 2 rings (SSSR count). The molecule has 1 aliphatic heterocycles. The van der Waals surface area contributed by atoms with Crippen LogP contribution in [0.15, 0.2) is 24.3 Å². The van der Waals surface area contributed by atoms with Crippen LogP contribution in [-0.4, -0.2) is 32.8 Å². The lowest BCUT2D eigenvalue weighted by atomic mass is 10.0. The molecule has 1 saturated heterocycles. The van der Waals surface area contributed by atoms with Crippen molar-refractivity contribution < 1.29 is 4.74 Å². The van der Waals surface area contributed by atoms with E-state index in [1.54, 1.807) is 7.11 Å². The third kappa shape index (κ3) is 3.95. The lowest BCUT2D eigenvalue weighted by molar-refractivity contribution is 0.161. The van der Waals surface area contributed by atoms with Crippen molar-refractivity contribution in [3.63, 3.8) is 0 Å². The first-order valence-electron chi connectivity index (χ1n) is 7.31. The molecule has 0 radical (unpaired) electrons. The van der Waals surface area contributed by atoms with Crippen molar-refractivity contribution in [2.24, 2.45) is 11.7 Å². The van der Waals surface area contributed by atoms with E-state index < -0.39 is 0 Å². The van der Waals surface area contributed by atoms with Crippen LogP contribution in [0.2, 0.25) is 0 Å². The molecule has 1 heterocycles. The molecule has 1 aliphatic rings. The molecule has 0 bridgehead atoms.